The molecule has 11 heteroatoms. The zero-order valence-electron chi connectivity index (χ0n) is 18.1. The van der Waals surface area contributed by atoms with E-state index >= 15 is 0 Å². The molecule has 0 atom stereocenters. The van der Waals surface area contributed by atoms with E-state index in [4.69, 9.17) is 25.8 Å². The number of rotatable bonds is 7. The lowest BCUT2D eigenvalue weighted by atomic mass is 10.1. The summed E-state index contributed by atoms with van der Waals surface area (Å²) in [4.78, 5) is 22.7. The average Bonchev–Trinajstić information content (AvgIpc) is 3.28. The molecular formula is C22H21ClFN5O4. The summed E-state index contributed by atoms with van der Waals surface area (Å²) in [6.45, 7) is 0.360. The van der Waals surface area contributed by atoms with Crippen molar-refractivity contribution >= 4 is 45.6 Å². The van der Waals surface area contributed by atoms with Gasteiger partial charge in [-0.1, -0.05) is 11.6 Å². The van der Waals surface area contributed by atoms with Gasteiger partial charge in [0.25, 0.3) is 5.91 Å². The summed E-state index contributed by atoms with van der Waals surface area (Å²) in [6.07, 6.45) is 2.57. The molecule has 172 valence electrons. The third kappa shape index (κ3) is 4.76. The smallest absolute Gasteiger partial charge is 0.284 e. The average molecular weight is 474 g/mol. The van der Waals surface area contributed by atoms with Crippen molar-refractivity contribution in [2.75, 3.05) is 45.2 Å². The summed E-state index contributed by atoms with van der Waals surface area (Å²) in [5.41, 5.74) is 1.27. The van der Waals surface area contributed by atoms with E-state index in [-0.39, 0.29) is 19.0 Å². The maximum absolute atomic E-state index is 14.2. The van der Waals surface area contributed by atoms with Crippen molar-refractivity contribution in [3.63, 3.8) is 0 Å². The van der Waals surface area contributed by atoms with E-state index in [9.17, 15) is 9.18 Å². The predicted octanol–water partition coefficient (Wildman–Crippen LogP) is 4.12. The minimum atomic E-state index is -0.905. The van der Waals surface area contributed by atoms with Crippen LogP contribution in [0.1, 0.15) is 0 Å². The number of amides is 1. The molecule has 0 spiro atoms. The van der Waals surface area contributed by atoms with E-state index in [0.717, 1.165) is 0 Å². The zero-order chi connectivity index (χ0) is 23.5. The van der Waals surface area contributed by atoms with Crippen LogP contribution in [-0.4, -0.2) is 55.3 Å². The first-order valence-electron chi connectivity index (χ1n) is 9.87. The van der Waals surface area contributed by atoms with Gasteiger partial charge in [-0.2, -0.15) is 0 Å². The number of hydrogen-bond donors (Lipinski definition) is 2. The van der Waals surface area contributed by atoms with E-state index < -0.39 is 11.7 Å². The Hall–Kier alpha value is -3.63. The number of halogens is 2. The second-order valence-corrected chi connectivity index (χ2v) is 7.75. The Kier molecular flexibility index (Phi) is 6.47. The van der Waals surface area contributed by atoms with Crippen LogP contribution in [0.3, 0.4) is 0 Å². The Morgan fingerprint density at radius 3 is 2.88 bits per heavy atom. The number of carbonyl (C=O) groups is 1. The summed E-state index contributed by atoms with van der Waals surface area (Å²) in [7, 11) is 4.99. The number of methoxy groups -OCH3 is 1. The molecule has 1 amide bonds. The molecule has 0 bridgehead atoms. The van der Waals surface area contributed by atoms with Crippen molar-refractivity contribution in [2.45, 2.75) is 0 Å². The molecule has 9 nitrogen and oxygen atoms in total. The number of anilines is 3. The molecule has 1 aliphatic heterocycles. The standard InChI is InChI=1S/C22H21ClFN5O4/c1-29(2)7-6-14(24)22(30)27-16-8-12-15(9-18(16)31-3)25-10-26-21(12)28-19-13(23)4-5-17-20(19)33-11-32-17/h4-6,8-10H,7,11H2,1-3H3,(H,27,30)(H,25,26,28). The van der Waals surface area contributed by atoms with E-state index in [0.29, 0.717) is 44.7 Å². The number of aromatic nitrogens is 2. The summed E-state index contributed by atoms with van der Waals surface area (Å²) in [5.74, 6) is -0.0734. The summed E-state index contributed by atoms with van der Waals surface area (Å²) < 4.78 is 30.5. The van der Waals surface area contributed by atoms with Crippen LogP contribution >= 0.6 is 11.6 Å². The fourth-order valence-corrected chi connectivity index (χ4v) is 3.37. The number of carbonyl (C=O) groups excluding carboxylic acids is 1. The molecule has 33 heavy (non-hydrogen) atoms. The van der Waals surface area contributed by atoms with Crippen LogP contribution in [0, 0.1) is 0 Å². The lowest BCUT2D eigenvalue weighted by Crippen LogP contribution is -2.16. The molecule has 0 fully saturated rings. The molecule has 2 aromatic carbocycles. The molecule has 4 rings (SSSR count). The first kappa shape index (κ1) is 22.6. The largest absolute Gasteiger partial charge is 0.494 e. The van der Waals surface area contributed by atoms with E-state index in [2.05, 4.69) is 20.6 Å². The van der Waals surface area contributed by atoms with Gasteiger partial charge < -0.3 is 29.7 Å². The van der Waals surface area contributed by atoms with Crippen LogP contribution in [0.4, 0.5) is 21.6 Å². The quantitative estimate of drug-likeness (QED) is 0.495. The highest BCUT2D eigenvalue weighted by atomic mass is 35.5. The first-order chi connectivity index (χ1) is 15.9. The van der Waals surface area contributed by atoms with E-state index in [1.54, 1.807) is 43.3 Å². The van der Waals surface area contributed by atoms with Crippen LogP contribution < -0.4 is 24.8 Å². The van der Waals surface area contributed by atoms with Gasteiger partial charge in [-0.05, 0) is 38.4 Å². The van der Waals surface area contributed by atoms with Gasteiger partial charge in [0.1, 0.15) is 23.6 Å². The van der Waals surface area contributed by atoms with Gasteiger partial charge in [-0.25, -0.2) is 14.4 Å². The number of benzene rings is 2. The monoisotopic (exact) mass is 473 g/mol. The lowest BCUT2D eigenvalue weighted by molar-refractivity contribution is -0.114. The Bertz CT molecular complexity index is 1250. The van der Waals surface area contributed by atoms with Gasteiger partial charge in [0.2, 0.25) is 6.79 Å². The van der Waals surface area contributed by atoms with Crippen LogP contribution in [-0.2, 0) is 4.79 Å². The van der Waals surface area contributed by atoms with Crippen molar-refractivity contribution in [1.29, 1.82) is 0 Å². The molecule has 1 aliphatic rings. The molecule has 2 heterocycles. The second kappa shape index (κ2) is 9.47. The fourth-order valence-electron chi connectivity index (χ4n) is 3.17. The minimum absolute atomic E-state index is 0.0785. The maximum atomic E-state index is 14.2. The minimum Gasteiger partial charge on any atom is -0.494 e. The van der Waals surface area contributed by atoms with Crippen LogP contribution in [0.5, 0.6) is 17.2 Å². The molecule has 0 radical (unpaired) electrons. The molecule has 2 N–H and O–H groups in total. The first-order valence-corrected chi connectivity index (χ1v) is 10.2. The molecule has 3 aromatic rings. The predicted molar refractivity (Wildman–Crippen MR) is 123 cm³/mol. The zero-order valence-corrected chi connectivity index (χ0v) is 18.9. The van der Waals surface area contributed by atoms with Crippen molar-refractivity contribution in [1.82, 2.24) is 14.9 Å². The number of nitrogens with zero attached hydrogens (tertiary/aromatic N) is 3. The van der Waals surface area contributed by atoms with Crippen LogP contribution in [0.25, 0.3) is 10.9 Å². The highest BCUT2D eigenvalue weighted by Crippen LogP contribution is 2.45. The molecule has 0 unspecified atom stereocenters. The molecule has 0 aliphatic carbocycles. The highest BCUT2D eigenvalue weighted by molar-refractivity contribution is 6.34. The van der Waals surface area contributed by atoms with Crippen molar-refractivity contribution in [2.24, 2.45) is 0 Å². The lowest BCUT2D eigenvalue weighted by Gasteiger charge is -2.15. The van der Waals surface area contributed by atoms with Crippen molar-refractivity contribution < 1.29 is 23.4 Å². The number of likely N-dealkylation sites (N-methyl/N-ethyl adjacent to an activating group) is 1. The fraction of sp³-hybridized carbons (Fsp3) is 0.227. The van der Waals surface area contributed by atoms with Crippen molar-refractivity contribution in [3.8, 4) is 17.2 Å². The normalized spacial score (nSPS) is 12.8. The van der Waals surface area contributed by atoms with E-state index in [1.807, 2.05) is 0 Å². The van der Waals surface area contributed by atoms with Gasteiger partial charge in [-0.15, -0.1) is 0 Å². The van der Waals surface area contributed by atoms with Gasteiger partial charge >= 0.3 is 0 Å². The van der Waals surface area contributed by atoms with Crippen LogP contribution in [0.2, 0.25) is 5.02 Å². The Labute approximate surface area is 194 Å². The molecular weight excluding hydrogens is 453 g/mol. The van der Waals surface area contributed by atoms with Gasteiger partial charge in [0, 0.05) is 18.0 Å². The number of hydrogen-bond acceptors (Lipinski definition) is 8. The molecule has 0 saturated heterocycles. The topological polar surface area (TPSA) is 97.8 Å². The number of nitrogens with one attached hydrogen (secondary N) is 2. The van der Waals surface area contributed by atoms with E-state index in [1.165, 1.54) is 19.5 Å². The Morgan fingerprint density at radius 1 is 1.30 bits per heavy atom. The second-order valence-electron chi connectivity index (χ2n) is 7.34. The summed E-state index contributed by atoms with van der Waals surface area (Å²) >= 11 is 6.37. The SMILES string of the molecule is COc1cc2ncnc(Nc3c(Cl)ccc4c3OCO4)c2cc1NC(=O)C(F)=CCN(C)C. The van der Waals surface area contributed by atoms with Gasteiger partial charge in [-0.3, -0.25) is 4.79 Å². The third-order valence-electron chi connectivity index (χ3n) is 4.79. The van der Waals surface area contributed by atoms with Crippen molar-refractivity contribution in [3.05, 3.63) is 47.5 Å². The summed E-state index contributed by atoms with van der Waals surface area (Å²) in [6, 6.07) is 6.61. The Balaban J connectivity index is 1.71. The number of fused-ring (bicyclic) bond motifs is 2. The number of ether oxygens (including phenoxy) is 3. The maximum Gasteiger partial charge on any atom is 0.284 e. The summed E-state index contributed by atoms with van der Waals surface area (Å²) in [5, 5.41) is 6.64. The van der Waals surface area contributed by atoms with Gasteiger partial charge in [0.15, 0.2) is 17.3 Å². The molecule has 0 saturated carbocycles. The third-order valence-corrected chi connectivity index (χ3v) is 5.10. The Morgan fingerprint density at radius 2 is 2.12 bits per heavy atom. The molecule has 1 aromatic heterocycles. The van der Waals surface area contributed by atoms with Gasteiger partial charge in [0.05, 0.1) is 23.3 Å². The van der Waals surface area contributed by atoms with Crippen LogP contribution in [0.15, 0.2) is 42.5 Å². The highest BCUT2D eigenvalue weighted by Gasteiger charge is 2.22.